The highest BCUT2D eigenvalue weighted by Gasteiger charge is 2.34. The summed E-state index contributed by atoms with van der Waals surface area (Å²) in [6, 6.07) is 43.4. The van der Waals surface area contributed by atoms with E-state index in [9.17, 15) is 0 Å². The Kier molecular flexibility index (Phi) is 6.38. The van der Waals surface area contributed by atoms with Gasteiger partial charge in [-0.15, -0.1) is 22.7 Å². The normalized spacial score (nSPS) is 11.5. The van der Waals surface area contributed by atoms with Gasteiger partial charge in [-0.05, 0) is 33.0 Å². The molecule has 0 bridgehead atoms. The zero-order valence-corrected chi connectivity index (χ0v) is 22.7. The summed E-state index contributed by atoms with van der Waals surface area (Å²) in [6.45, 7) is 4.79. The van der Waals surface area contributed by atoms with Gasteiger partial charge in [0.25, 0.3) is 0 Å². The first-order chi connectivity index (χ1) is 18.1. The Morgan fingerprint density at radius 1 is 0.405 bits per heavy atom. The van der Waals surface area contributed by atoms with Crippen molar-refractivity contribution in [3.63, 3.8) is 0 Å². The lowest BCUT2D eigenvalue weighted by molar-refractivity contribution is 0.675. The van der Waals surface area contributed by atoms with Crippen molar-refractivity contribution in [3.05, 3.63) is 142 Å². The molecule has 0 radical (unpaired) electrons. The quantitative estimate of drug-likeness (QED) is 0.208. The van der Waals surface area contributed by atoms with Gasteiger partial charge >= 0.3 is 0 Å². The summed E-state index contributed by atoms with van der Waals surface area (Å²) < 4.78 is 0. The lowest BCUT2D eigenvalue weighted by atomic mass is 9.80. The molecule has 0 aliphatic rings. The fraction of sp³-hybridized carbons (Fsp3) is 0.0857. The average molecular weight is 513 g/mol. The number of thiophene rings is 2. The van der Waals surface area contributed by atoms with E-state index in [-0.39, 0.29) is 5.41 Å². The van der Waals surface area contributed by atoms with E-state index in [4.69, 9.17) is 0 Å². The standard InChI is InChI=1S/C35H28S2/c1-35(2,33-31(27-19-11-5-12-20-27)29(23-36-33)25-15-7-3-8-16-25)34-32(28-21-13-6-14-22-28)30(24-37-34)26-17-9-4-10-18-26/h3-24H,1-2H3. The van der Waals surface area contributed by atoms with E-state index in [1.807, 2.05) is 22.7 Å². The van der Waals surface area contributed by atoms with E-state index in [1.165, 1.54) is 54.3 Å². The number of benzene rings is 4. The summed E-state index contributed by atoms with van der Waals surface area (Å²) in [6.07, 6.45) is 0. The molecular weight excluding hydrogens is 485 g/mol. The maximum absolute atomic E-state index is 2.40. The van der Waals surface area contributed by atoms with Gasteiger partial charge in [0.2, 0.25) is 0 Å². The van der Waals surface area contributed by atoms with E-state index >= 15 is 0 Å². The molecular formula is C35H28S2. The second kappa shape index (κ2) is 9.97. The smallest absolute Gasteiger partial charge is 0.0347 e. The zero-order valence-electron chi connectivity index (χ0n) is 21.0. The van der Waals surface area contributed by atoms with Crippen molar-refractivity contribution >= 4 is 22.7 Å². The number of rotatable bonds is 6. The summed E-state index contributed by atoms with van der Waals surface area (Å²) in [4.78, 5) is 2.80. The van der Waals surface area contributed by atoms with Gasteiger partial charge in [0.1, 0.15) is 0 Å². The first-order valence-electron chi connectivity index (χ1n) is 12.6. The molecule has 2 aromatic heterocycles. The van der Waals surface area contributed by atoms with E-state index in [0.717, 1.165) is 0 Å². The topological polar surface area (TPSA) is 0 Å². The maximum Gasteiger partial charge on any atom is 0.0347 e. The van der Waals surface area contributed by atoms with Crippen LogP contribution in [0.1, 0.15) is 23.6 Å². The molecule has 0 atom stereocenters. The Balaban J connectivity index is 1.59. The predicted octanol–water partition coefficient (Wildman–Crippen LogP) is 10.8. The third-order valence-corrected chi connectivity index (χ3v) is 9.62. The second-order valence-corrected chi connectivity index (χ2v) is 11.6. The van der Waals surface area contributed by atoms with E-state index in [1.54, 1.807) is 0 Å². The Morgan fingerprint density at radius 2 is 0.703 bits per heavy atom. The van der Waals surface area contributed by atoms with Gasteiger partial charge in [-0.3, -0.25) is 0 Å². The SMILES string of the molecule is CC(C)(c1scc(-c2ccccc2)c1-c1ccccc1)c1scc(-c2ccccc2)c1-c1ccccc1. The average Bonchev–Trinajstić information content (AvgIpc) is 3.61. The second-order valence-electron chi connectivity index (χ2n) is 9.80. The molecule has 2 heterocycles. The Morgan fingerprint density at radius 3 is 1.03 bits per heavy atom. The summed E-state index contributed by atoms with van der Waals surface area (Å²) in [5.41, 5.74) is 10.2. The summed E-state index contributed by atoms with van der Waals surface area (Å²) in [5.74, 6) is 0. The molecule has 0 fully saturated rings. The highest BCUT2D eigenvalue weighted by atomic mass is 32.1. The molecule has 0 aliphatic heterocycles. The van der Waals surface area contributed by atoms with Crippen LogP contribution in [0.3, 0.4) is 0 Å². The zero-order chi connectivity index (χ0) is 25.2. The monoisotopic (exact) mass is 512 g/mol. The van der Waals surface area contributed by atoms with Crippen LogP contribution in [0.25, 0.3) is 44.5 Å². The fourth-order valence-corrected chi connectivity index (χ4v) is 7.71. The van der Waals surface area contributed by atoms with Crippen molar-refractivity contribution in [3.8, 4) is 44.5 Å². The number of hydrogen-bond acceptors (Lipinski definition) is 2. The van der Waals surface area contributed by atoms with Crippen LogP contribution in [-0.4, -0.2) is 0 Å². The molecule has 6 rings (SSSR count). The van der Waals surface area contributed by atoms with Crippen LogP contribution < -0.4 is 0 Å². The minimum Gasteiger partial charge on any atom is -0.147 e. The van der Waals surface area contributed by atoms with Gasteiger partial charge in [-0.1, -0.05) is 135 Å². The number of hydrogen-bond donors (Lipinski definition) is 0. The molecule has 0 spiro atoms. The van der Waals surface area contributed by atoms with Crippen LogP contribution >= 0.6 is 22.7 Å². The Hall–Kier alpha value is -3.72. The van der Waals surface area contributed by atoms with Crippen molar-refractivity contribution < 1.29 is 0 Å². The fourth-order valence-electron chi connectivity index (χ4n) is 5.18. The molecule has 0 amide bonds. The summed E-state index contributed by atoms with van der Waals surface area (Å²) >= 11 is 3.77. The Labute approximate surface area is 227 Å². The molecule has 0 nitrogen and oxygen atoms in total. The molecule has 6 aromatic rings. The highest BCUT2D eigenvalue weighted by molar-refractivity contribution is 7.13. The van der Waals surface area contributed by atoms with Gasteiger partial charge in [0.15, 0.2) is 0 Å². The third kappa shape index (κ3) is 4.37. The largest absolute Gasteiger partial charge is 0.147 e. The molecule has 180 valence electrons. The van der Waals surface area contributed by atoms with E-state index in [0.29, 0.717) is 0 Å². The van der Waals surface area contributed by atoms with Crippen LogP contribution in [0.15, 0.2) is 132 Å². The first-order valence-corrected chi connectivity index (χ1v) is 14.4. The molecule has 0 unspecified atom stereocenters. The van der Waals surface area contributed by atoms with Crippen molar-refractivity contribution in [2.75, 3.05) is 0 Å². The minimum atomic E-state index is -0.189. The molecule has 4 aromatic carbocycles. The van der Waals surface area contributed by atoms with Crippen molar-refractivity contribution in [1.82, 2.24) is 0 Å². The van der Waals surface area contributed by atoms with E-state index < -0.39 is 0 Å². The molecule has 0 N–H and O–H groups in total. The molecule has 2 heteroatoms. The molecule has 0 aliphatic carbocycles. The van der Waals surface area contributed by atoms with Crippen LogP contribution in [-0.2, 0) is 5.41 Å². The van der Waals surface area contributed by atoms with E-state index in [2.05, 4.69) is 146 Å². The lowest BCUT2D eigenvalue weighted by Crippen LogP contribution is -2.18. The molecule has 37 heavy (non-hydrogen) atoms. The van der Waals surface area contributed by atoms with Crippen LogP contribution in [0, 0.1) is 0 Å². The van der Waals surface area contributed by atoms with Crippen LogP contribution in [0.5, 0.6) is 0 Å². The van der Waals surface area contributed by atoms with Gasteiger partial charge in [0.05, 0.1) is 0 Å². The van der Waals surface area contributed by atoms with Crippen molar-refractivity contribution in [1.29, 1.82) is 0 Å². The Bertz CT molecular complexity index is 1480. The maximum atomic E-state index is 2.40. The first kappa shape index (κ1) is 23.7. The highest BCUT2D eigenvalue weighted by Crippen LogP contribution is 2.52. The van der Waals surface area contributed by atoms with Crippen LogP contribution in [0.4, 0.5) is 0 Å². The van der Waals surface area contributed by atoms with Gasteiger partial charge in [-0.2, -0.15) is 0 Å². The lowest BCUT2D eigenvalue weighted by Gasteiger charge is -2.27. The molecule has 0 saturated heterocycles. The molecule has 0 saturated carbocycles. The van der Waals surface area contributed by atoms with Gasteiger partial charge < -0.3 is 0 Å². The van der Waals surface area contributed by atoms with Crippen molar-refractivity contribution in [2.24, 2.45) is 0 Å². The minimum absolute atomic E-state index is 0.189. The van der Waals surface area contributed by atoms with Crippen LogP contribution in [0.2, 0.25) is 0 Å². The van der Waals surface area contributed by atoms with Crippen molar-refractivity contribution in [2.45, 2.75) is 19.3 Å². The predicted molar refractivity (Wildman–Crippen MR) is 163 cm³/mol. The third-order valence-electron chi connectivity index (χ3n) is 7.01. The summed E-state index contributed by atoms with van der Waals surface area (Å²) in [7, 11) is 0. The summed E-state index contributed by atoms with van der Waals surface area (Å²) in [5, 5.41) is 4.70. The van der Waals surface area contributed by atoms with Gasteiger partial charge in [0, 0.05) is 37.4 Å². The van der Waals surface area contributed by atoms with Gasteiger partial charge in [-0.25, -0.2) is 0 Å².